The van der Waals surface area contributed by atoms with Crippen LogP contribution in [-0.4, -0.2) is 22.7 Å². The molecule has 1 aromatic carbocycles. The van der Waals surface area contributed by atoms with E-state index in [1.54, 1.807) is 26.1 Å². The van der Waals surface area contributed by atoms with Gasteiger partial charge in [0.25, 0.3) is 5.91 Å². The molecule has 2 N–H and O–H groups in total. The number of aryl methyl sites for hydroxylation is 2. The molecule has 0 aliphatic rings. The van der Waals surface area contributed by atoms with Crippen LogP contribution in [0.3, 0.4) is 0 Å². The van der Waals surface area contributed by atoms with E-state index in [1.165, 1.54) is 28.8 Å². The normalized spacial score (nSPS) is 10.5. The number of nitrogen functional groups attached to an aromatic ring is 1. The van der Waals surface area contributed by atoms with Gasteiger partial charge in [-0.3, -0.25) is 9.48 Å². The molecule has 0 saturated heterocycles. The predicted molar refractivity (Wildman–Crippen MR) is 71.5 cm³/mol. The highest BCUT2D eigenvalue weighted by molar-refractivity contribution is 6.08. The van der Waals surface area contributed by atoms with Gasteiger partial charge in [0.1, 0.15) is 11.5 Å². The van der Waals surface area contributed by atoms with Gasteiger partial charge in [0.15, 0.2) is 0 Å². The van der Waals surface area contributed by atoms with E-state index in [0.29, 0.717) is 11.4 Å². The van der Waals surface area contributed by atoms with E-state index in [0.717, 1.165) is 0 Å². The van der Waals surface area contributed by atoms with Crippen molar-refractivity contribution in [3.05, 3.63) is 41.5 Å². The lowest BCUT2D eigenvalue weighted by molar-refractivity contribution is 0.0984. The van der Waals surface area contributed by atoms with Crippen LogP contribution in [0.15, 0.2) is 24.3 Å². The lowest BCUT2D eigenvalue weighted by Gasteiger charge is -2.18. The molecule has 1 amide bonds. The lowest BCUT2D eigenvalue weighted by Crippen LogP contribution is -2.29. The predicted octanol–water partition coefficient (Wildman–Crippen LogP) is 1.73. The molecule has 0 fully saturated rings. The Hall–Kier alpha value is -2.37. The zero-order valence-electron chi connectivity index (χ0n) is 11.0. The van der Waals surface area contributed by atoms with Crippen LogP contribution in [-0.2, 0) is 7.05 Å². The second-order valence-corrected chi connectivity index (χ2v) is 4.29. The molecule has 1 heterocycles. The van der Waals surface area contributed by atoms with Gasteiger partial charge >= 0.3 is 0 Å². The third kappa shape index (κ3) is 2.16. The summed E-state index contributed by atoms with van der Waals surface area (Å²) in [6.07, 6.45) is 0. The molecule has 19 heavy (non-hydrogen) atoms. The van der Waals surface area contributed by atoms with Crippen LogP contribution in [0.1, 0.15) is 16.2 Å². The largest absolute Gasteiger partial charge is 0.395 e. The Labute approximate surface area is 110 Å². The monoisotopic (exact) mass is 262 g/mol. The highest BCUT2D eigenvalue weighted by Crippen LogP contribution is 2.22. The number of aromatic nitrogens is 2. The second kappa shape index (κ2) is 4.72. The minimum atomic E-state index is -0.462. The topological polar surface area (TPSA) is 64.2 Å². The zero-order valence-corrected chi connectivity index (χ0v) is 11.0. The molecule has 1 aromatic heterocycles. The van der Waals surface area contributed by atoms with Crippen molar-refractivity contribution in [3.8, 4) is 0 Å². The first-order valence-electron chi connectivity index (χ1n) is 5.75. The first-order chi connectivity index (χ1) is 8.93. The number of benzene rings is 1. The maximum atomic E-state index is 13.7. The molecule has 0 atom stereocenters. The summed E-state index contributed by atoms with van der Waals surface area (Å²) >= 11 is 0. The highest BCUT2D eigenvalue weighted by Gasteiger charge is 2.23. The van der Waals surface area contributed by atoms with Crippen molar-refractivity contribution in [2.75, 3.05) is 17.7 Å². The number of amides is 1. The van der Waals surface area contributed by atoms with Crippen LogP contribution in [0.4, 0.5) is 15.8 Å². The molecule has 2 aromatic rings. The molecule has 0 unspecified atom stereocenters. The van der Waals surface area contributed by atoms with E-state index in [9.17, 15) is 9.18 Å². The number of para-hydroxylation sites is 1. The Balaban J connectivity index is 2.42. The van der Waals surface area contributed by atoms with Gasteiger partial charge in [-0.25, -0.2) is 4.39 Å². The molecule has 6 heteroatoms. The van der Waals surface area contributed by atoms with Crippen LogP contribution < -0.4 is 10.6 Å². The van der Waals surface area contributed by atoms with Crippen LogP contribution in [0.5, 0.6) is 0 Å². The average Bonchev–Trinajstić information content (AvgIpc) is 2.62. The minimum absolute atomic E-state index is 0.200. The van der Waals surface area contributed by atoms with E-state index in [2.05, 4.69) is 5.10 Å². The van der Waals surface area contributed by atoms with E-state index >= 15 is 0 Å². The molecule has 0 bridgehead atoms. The lowest BCUT2D eigenvalue weighted by atomic mass is 10.2. The standard InChI is InChI=1S/C13H15FN4O/c1-8-11(15)12(18(3)16-8)13(19)17(2)10-7-5-4-6-9(10)14/h4-7H,15H2,1-3H3. The quantitative estimate of drug-likeness (QED) is 0.896. The Morgan fingerprint density at radius 2 is 2.05 bits per heavy atom. The SMILES string of the molecule is Cc1nn(C)c(C(=O)N(C)c2ccccc2F)c1N. The van der Waals surface area contributed by atoms with Crippen molar-refractivity contribution in [2.24, 2.45) is 7.05 Å². The van der Waals surface area contributed by atoms with Gasteiger partial charge in [-0.1, -0.05) is 12.1 Å². The number of carbonyl (C=O) groups is 1. The molecule has 100 valence electrons. The molecular weight excluding hydrogens is 247 g/mol. The number of hydrogen-bond acceptors (Lipinski definition) is 3. The van der Waals surface area contributed by atoms with Gasteiger partial charge in [0.05, 0.1) is 17.1 Å². The summed E-state index contributed by atoms with van der Waals surface area (Å²) in [5.41, 5.74) is 7.18. The summed E-state index contributed by atoms with van der Waals surface area (Å²) in [5, 5.41) is 4.08. The van der Waals surface area contributed by atoms with Crippen molar-refractivity contribution in [1.82, 2.24) is 9.78 Å². The van der Waals surface area contributed by atoms with Gasteiger partial charge in [-0.05, 0) is 19.1 Å². The van der Waals surface area contributed by atoms with Crippen LogP contribution in [0.25, 0.3) is 0 Å². The summed E-state index contributed by atoms with van der Waals surface area (Å²) < 4.78 is 15.1. The summed E-state index contributed by atoms with van der Waals surface area (Å²) in [5.74, 6) is -0.860. The van der Waals surface area contributed by atoms with Crippen molar-refractivity contribution in [3.63, 3.8) is 0 Å². The number of carbonyl (C=O) groups excluding carboxylic acids is 1. The van der Waals surface area contributed by atoms with E-state index in [-0.39, 0.29) is 11.4 Å². The van der Waals surface area contributed by atoms with Gasteiger partial charge in [0, 0.05) is 14.1 Å². The summed E-state index contributed by atoms with van der Waals surface area (Å²) in [4.78, 5) is 13.6. The Kier molecular flexibility index (Phi) is 3.25. The number of rotatable bonds is 2. The fraction of sp³-hybridized carbons (Fsp3) is 0.231. The van der Waals surface area contributed by atoms with Gasteiger partial charge in [-0.2, -0.15) is 5.10 Å². The molecule has 0 aliphatic heterocycles. The third-order valence-corrected chi connectivity index (χ3v) is 2.99. The Bertz CT molecular complexity index is 636. The van der Waals surface area contributed by atoms with Crippen LogP contribution in [0.2, 0.25) is 0 Å². The molecule has 0 spiro atoms. The molecule has 2 rings (SSSR count). The van der Waals surface area contributed by atoms with Crippen LogP contribution in [0, 0.1) is 12.7 Å². The van der Waals surface area contributed by atoms with E-state index in [4.69, 9.17) is 5.73 Å². The Morgan fingerprint density at radius 3 is 2.58 bits per heavy atom. The summed E-state index contributed by atoms with van der Waals surface area (Å²) in [6.45, 7) is 1.72. The molecule has 0 saturated carbocycles. The van der Waals surface area contributed by atoms with Crippen molar-refractivity contribution >= 4 is 17.3 Å². The second-order valence-electron chi connectivity index (χ2n) is 4.29. The van der Waals surface area contributed by atoms with Crippen molar-refractivity contribution < 1.29 is 9.18 Å². The van der Waals surface area contributed by atoms with Crippen molar-refractivity contribution in [1.29, 1.82) is 0 Å². The number of halogens is 1. The van der Waals surface area contributed by atoms with Crippen molar-refractivity contribution in [2.45, 2.75) is 6.92 Å². The smallest absolute Gasteiger partial charge is 0.278 e. The molecule has 5 nitrogen and oxygen atoms in total. The van der Waals surface area contributed by atoms with Gasteiger partial charge in [0.2, 0.25) is 0 Å². The summed E-state index contributed by atoms with van der Waals surface area (Å²) in [7, 11) is 3.13. The number of nitrogens with two attached hydrogens (primary N) is 1. The minimum Gasteiger partial charge on any atom is -0.395 e. The van der Waals surface area contributed by atoms with E-state index < -0.39 is 11.7 Å². The molecule has 0 radical (unpaired) electrons. The number of anilines is 2. The fourth-order valence-electron chi connectivity index (χ4n) is 1.92. The molecule has 0 aliphatic carbocycles. The third-order valence-electron chi connectivity index (χ3n) is 2.99. The maximum Gasteiger partial charge on any atom is 0.278 e. The molecular formula is C13H15FN4O. The van der Waals surface area contributed by atoms with Crippen LogP contribution >= 0.6 is 0 Å². The maximum absolute atomic E-state index is 13.7. The summed E-state index contributed by atoms with van der Waals surface area (Å²) in [6, 6.07) is 6.07. The fourth-order valence-corrected chi connectivity index (χ4v) is 1.92. The Morgan fingerprint density at radius 1 is 1.42 bits per heavy atom. The van der Waals surface area contributed by atoms with Gasteiger partial charge < -0.3 is 10.6 Å². The van der Waals surface area contributed by atoms with E-state index in [1.807, 2.05) is 0 Å². The highest BCUT2D eigenvalue weighted by atomic mass is 19.1. The zero-order chi connectivity index (χ0) is 14.2. The first kappa shape index (κ1) is 13.1. The average molecular weight is 262 g/mol. The number of nitrogens with zero attached hydrogens (tertiary/aromatic N) is 3. The number of hydrogen-bond donors (Lipinski definition) is 1. The first-order valence-corrected chi connectivity index (χ1v) is 5.75. The van der Waals surface area contributed by atoms with Gasteiger partial charge in [-0.15, -0.1) is 0 Å².